The minimum absolute atomic E-state index is 0.567. The second kappa shape index (κ2) is 3.85. The number of benzene rings is 1. The zero-order chi connectivity index (χ0) is 10.8. The fourth-order valence-electron chi connectivity index (χ4n) is 1.60. The van der Waals surface area contributed by atoms with Crippen LogP contribution in [-0.2, 0) is 0 Å². The van der Waals surface area contributed by atoms with Crippen LogP contribution in [0.25, 0.3) is 0 Å². The normalized spacial score (nSPS) is 15.4. The lowest BCUT2D eigenvalue weighted by atomic mass is 10.0. The molecule has 0 amide bonds. The highest BCUT2D eigenvalue weighted by Crippen LogP contribution is 2.20. The molecule has 1 aliphatic heterocycles. The zero-order valence-corrected chi connectivity index (χ0v) is 9.14. The summed E-state index contributed by atoms with van der Waals surface area (Å²) >= 11 is 0. The molecule has 1 aromatic carbocycles. The molecule has 15 heavy (non-hydrogen) atoms. The predicted octanol–water partition coefficient (Wildman–Crippen LogP) is 2.72. The Bertz CT molecular complexity index is 413. The summed E-state index contributed by atoms with van der Waals surface area (Å²) in [7, 11) is 0. The Hall–Kier alpha value is -1.64. The molecule has 1 aliphatic rings. The van der Waals surface area contributed by atoms with Gasteiger partial charge in [0.15, 0.2) is 12.4 Å². The fourth-order valence-corrected chi connectivity index (χ4v) is 1.60. The van der Waals surface area contributed by atoms with Gasteiger partial charge in [0.05, 0.1) is 0 Å². The first-order valence-corrected chi connectivity index (χ1v) is 5.21. The van der Waals surface area contributed by atoms with Gasteiger partial charge < -0.3 is 5.73 Å². The monoisotopic (exact) mass is 202 g/mol. The molecule has 0 unspecified atom stereocenters. The average Bonchev–Trinajstić information content (AvgIpc) is 2.65. The average molecular weight is 202 g/mol. The summed E-state index contributed by atoms with van der Waals surface area (Å²) < 4.78 is 1.90. The van der Waals surface area contributed by atoms with Crippen LogP contribution in [0.3, 0.4) is 0 Å². The number of rotatable bonds is 2. The van der Waals surface area contributed by atoms with Gasteiger partial charge in [-0.3, -0.25) is 0 Å². The minimum Gasteiger partial charge on any atom is -0.379 e. The van der Waals surface area contributed by atoms with E-state index in [1.807, 2.05) is 10.8 Å². The fraction of sp³-hybridized carbons (Fsp3) is 0.333. The summed E-state index contributed by atoms with van der Waals surface area (Å²) in [4.78, 5) is 0. The van der Waals surface area contributed by atoms with Crippen molar-refractivity contribution in [1.29, 1.82) is 0 Å². The van der Waals surface area contributed by atoms with Crippen LogP contribution in [0.1, 0.15) is 25.3 Å². The molecule has 78 valence electrons. The molecule has 0 radical (unpaired) electrons. The molecule has 0 saturated carbocycles. The molecule has 0 saturated heterocycles. The second-order valence-corrected chi connectivity index (χ2v) is 4.06. The molecular weight excluding hydrogens is 186 g/mol. The van der Waals surface area contributed by atoms with E-state index in [9.17, 15) is 0 Å². The molecule has 2 rings (SSSR count). The van der Waals surface area contributed by atoms with E-state index < -0.39 is 0 Å². The molecule has 0 atom stereocenters. The van der Waals surface area contributed by atoms with E-state index in [0.29, 0.717) is 11.7 Å². The Balaban J connectivity index is 2.22. The molecule has 2 N–H and O–H groups in total. The molecule has 1 aromatic rings. The molecule has 3 heteroatoms. The van der Waals surface area contributed by atoms with E-state index in [2.05, 4.69) is 43.2 Å². The van der Waals surface area contributed by atoms with Crippen molar-refractivity contribution in [3.63, 3.8) is 0 Å². The number of azo groups is 2. The Morgan fingerprint density at radius 2 is 1.93 bits per heavy atom. The molecule has 0 fully saturated rings. The minimum atomic E-state index is 0.567. The SMILES string of the molecule is CC(C)c1ccc([N+]2=NC(N)=CC2)cc1. The van der Waals surface area contributed by atoms with Crippen molar-refractivity contribution in [1.82, 2.24) is 0 Å². The van der Waals surface area contributed by atoms with Crippen LogP contribution in [-0.4, -0.2) is 11.2 Å². The maximum atomic E-state index is 5.59. The van der Waals surface area contributed by atoms with E-state index in [1.54, 1.807) is 0 Å². The van der Waals surface area contributed by atoms with Crippen LogP contribution in [0.4, 0.5) is 5.69 Å². The Morgan fingerprint density at radius 1 is 1.27 bits per heavy atom. The Kier molecular flexibility index (Phi) is 2.54. The molecule has 0 aliphatic carbocycles. The maximum Gasteiger partial charge on any atom is 0.232 e. The van der Waals surface area contributed by atoms with Crippen LogP contribution >= 0.6 is 0 Å². The zero-order valence-electron chi connectivity index (χ0n) is 9.14. The van der Waals surface area contributed by atoms with Gasteiger partial charge in [0.2, 0.25) is 5.69 Å². The quantitative estimate of drug-likeness (QED) is 0.736. The third kappa shape index (κ3) is 2.06. The van der Waals surface area contributed by atoms with E-state index >= 15 is 0 Å². The summed E-state index contributed by atoms with van der Waals surface area (Å²) in [5.41, 5.74) is 8.03. The van der Waals surface area contributed by atoms with Gasteiger partial charge in [-0.15, -0.1) is 0 Å². The standard InChI is InChI=1S/C12H16N3/c1-9(2)10-3-5-11(6-4-10)15-8-7-12(13)14-15/h3-7,9H,8,13H2,1-2H3/q+1. The highest BCUT2D eigenvalue weighted by atomic mass is 15.3. The summed E-state index contributed by atoms with van der Waals surface area (Å²) in [5.74, 6) is 1.17. The van der Waals surface area contributed by atoms with Gasteiger partial charge >= 0.3 is 0 Å². The van der Waals surface area contributed by atoms with Gasteiger partial charge in [-0.2, -0.15) is 0 Å². The summed E-state index contributed by atoms with van der Waals surface area (Å²) in [6.07, 6.45) is 1.91. The predicted molar refractivity (Wildman–Crippen MR) is 60.0 cm³/mol. The number of hydrogen-bond donors (Lipinski definition) is 1. The molecule has 3 nitrogen and oxygen atoms in total. The van der Waals surface area contributed by atoms with Crippen molar-refractivity contribution in [2.45, 2.75) is 19.8 Å². The van der Waals surface area contributed by atoms with Gasteiger partial charge in [0.25, 0.3) is 0 Å². The van der Waals surface area contributed by atoms with Crippen molar-refractivity contribution < 1.29 is 4.70 Å². The summed E-state index contributed by atoms with van der Waals surface area (Å²) in [6.45, 7) is 5.15. The molecule has 0 aromatic heterocycles. The van der Waals surface area contributed by atoms with Crippen molar-refractivity contribution >= 4 is 5.69 Å². The first-order chi connectivity index (χ1) is 7.16. The Morgan fingerprint density at radius 3 is 2.40 bits per heavy atom. The lowest BCUT2D eigenvalue weighted by molar-refractivity contribution is -0.493. The first kappa shape index (κ1) is 9.90. The van der Waals surface area contributed by atoms with Gasteiger partial charge in [-0.1, -0.05) is 30.7 Å². The van der Waals surface area contributed by atoms with E-state index in [4.69, 9.17) is 5.73 Å². The van der Waals surface area contributed by atoms with Crippen LogP contribution in [0, 0.1) is 0 Å². The van der Waals surface area contributed by atoms with Crippen LogP contribution in [0.15, 0.2) is 41.3 Å². The number of hydrogen-bond acceptors (Lipinski definition) is 2. The Labute approximate surface area is 89.9 Å². The van der Waals surface area contributed by atoms with Crippen LogP contribution in [0.5, 0.6) is 0 Å². The van der Waals surface area contributed by atoms with Gasteiger partial charge in [0, 0.05) is 23.3 Å². The van der Waals surface area contributed by atoms with Gasteiger partial charge in [-0.25, -0.2) is 0 Å². The van der Waals surface area contributed by atoms with E-state index in [-0.39, 0.29) is 0 Å². The topological polar surface area (TPSA) is 41.4 Å². The first-order valence-electron chi connectivity index (χ1n) is 5.21. The van der Waals surface area contributed by atoms with Gasteiger partial charge in [-0.05, 0) is 11.5 Å². The lowest BCUT2D eigenvalue weighted by Crippen LogP contribution is -1.98. The van der Waals surface area contributed by atoms with Crippen LogP contribution < -0.4 is 5.73 Å². The smallest absolute Gasteiger partial charge is 0.232 e. The highest BCUT2D eigenvalue weighted by Gasteiger charge is 2.16. The summed E-state index contributed by atoms with van der Waals surface area (Å²) in [5, 5.41) is 4.21. The highest BCUT2D eigenvalue weighted by molar-refractivity contribution is 5.34. The number of nitrogens with two attached hydrogens (primary N) is 1. The molecular formula is C12H16N3+. The van der Waals surface area contributed by atoms with Crippen molar-refractivity contribution in [2.24, 2.45) is 10.8 Å². The van der Waals surface area contributed by atoms with Crippen molar-refractivity contribution in [3.8, 4) is 0 Å². The molecule has 1 heterocycles. The second-order valence-electron chi connectivity index (χ2n) is 4.06. The third-order valence-electron chi connectivity index (χ3n) is 2.57. The summed E-state index contributed by atoms with van der Waals surface area (Å²) in [6, 6.07) is 8.46. The molecule has 0 spiro atoms. The lowest BCUT2D eigenvalue weighted by Gasteiger charge is -2.03. The van der Waals surface area contributed by atoms with Crippen LogP contribution in [0.2, 0.25) is 0 Å². The van der Waals surface area contributed by atoms with Gasteiger partial charge in [0.1, 0.15) is 0 Å². The van der Waals surface area contributed by atoms with E-state index in [1.165, 1.54) is 5.56 Å². The van der Waals surface area contributed by atoms with Crippen molar-refractivity contribution in [2.75, 3.05) is 6.54 Å². The molecule has 0 bridgehead atoms. The largest absolute Gasteiger partial charge is 0.379 e. The van der Waals surface area contributed by atoms with Crippen molar-refractivity contribution in [3.05, 3.63) is 41.7 Å². The number of nitrogens with zero attached hydrogens (tertiary/aromatic N) is 2. The third-order valence-corrected chi connectivity index (χ3v) is 2.57. The maximum absolute atomic E-state index is 5.59. The van der Waals surface area contributed by atoms with E-state index in [0.717, 1.165) is 12.2 Å².